The molecule has 0 aliphatic carbocycles. The Hall–Kier alpha value is -1.28. The van der Waals surface area contributed by atoms with Crippen LogP contribution in [0, 0.1) is 12.8 Å². The molecule has 1 aromatic heterocycles. The maximum atomic E-state index is 5.56. The van der Waals surface area contributed by atoms with Crippen LogP contribution < -0.4 is 5.32 Å². The van der Waals surface area contributed by atoms with E-state index in [1.54, 1.807) is 0 Å². The summed E-state index contributed by atoms with van der Waals surface area (Å²) < 4.78 is 5.56. The third kappa shape index (κ3) is 2.22. The molecule has 1 aromatic carbocycles. The highest BCUT2D eigenvalue weighted by atomic mass is 16.3. The molecule has 0 saturated carbocycles. The number of nitrogens with one attached hydrogen (secondary N) is 1. The summed E-state index contributed by atoms with van der Waals surface area (Å²) in [5.74, 6) is 0.789. The summed E-state index contributed by atoms with van der Waals surface area (Å²) in [5.41, 5.74) is 3.66. The van der Waals surface area contributed by atoms with Gasteiger partial charge in [-0.25, -0.2) is 0 Å². The molecule has 1 fully saturated rings. The summed E-state index contributed by atoms with van der Waals surface area (Å²) in [6.45, 7) is 4.44. The second kappa shape index (κ2) is 4.53. The van der Waals surface area contributed by atoms with Gasteiger partial charge in [0.15, 0.2) is 0 Å². The van der Waals surface area contributed by atoms with Gasteiger partial charge in [-0.3, -0.25) is 0 Å². The minimum absolute atomic E-state index is 0.789. The van der Waals surface area contributed by atoms with Gasteiger partial charge in [0.25, 0.3) is 0 Å². The number of hydrogen-bond donors (Lipinski definition) is 1. The quantitative estimate of drug-likeness (QED) is 0.855. The largest absolute Gasteiger partial charge is 0.464 e. The van der Waals surface area contributed by atoms with Gasteiger partial charge in [-0.2, -0.15) is 0 Å². The fraction of sp³-hybridized carbons (Fsp3) is 0.467. The summed E-state index contributed by atoms with van der Waals surface area (Å²) >= 11 is 0. The molecule has 1 aliphatic rings. The SMILES string of the molecule is Cc1coc2cc(CC3CCCNC3)ccc12. The van der Waals surface area contributed by atoms with E-state index < -0.39 is 0 Å². The second-order valence-electron chi connectivity index (χ2n) is 5.17. The fourth-order valence-electron chi connectivity index (χ4n) is 2.76. The van der Waals surface area contributed by atoms with Crippen LogP contribution in [0.25, 0.3) is 11.0 Å². The molecule has 1 unspecified atom stereocenters. The van der Waals surface area contributed by atoms with Crippen LogP contribution in [0.15, 0.2) is 28.9 Å². The number of piperidine rings is 1. The molecule has 0 spiro atoms. The van der Waals surface area contributed by atoms with Gasteiger partial charge in [0.2, 0.25) is 0 Å². The maximum absolute atomic E-state index is 5.56. The molecule has 0 amide bonds. The van der Waals surface area contributed by atoms with E-state index in [0.717, 1.165) is 18.0 Å². The Bertz CT molecular complexity index is 509. The molecule has 1 atom stereocenters. The lowest BCUT2D eigenvalue weighted by Gasteiger charge is -2.22. The number of furan rings is 1. The van der Waals surface area contributed by atoms with Crippen LogP contribution >= 0.6 is 0 Å². The van der Waals surface area contributed by atoms with Gasteiger partial charge in [0.05, 0.1) is 6.26 Å². The van der Waals surface area contributed by atoms with Crippen molar-refractivity contribution in [2.75, 3.05) is 13.1 Å². The number of aryl methyl sites for hydroxylation is 1. The zero-order chi connectivity index (χ0) is 11.7. The lowest BCUT2D eigenvalue weighted by molar-refractivity contribution is 0.376. The third-order valence-electron chi connectivity index (χ3n) is 3.76. The minimum Gasteiger partial charge on any atom is -0.464 e. The maximum Gasteiger partial charge on any atom is 0.134 e. The van der Waals surface area contributed by atoms with Crippen molar-refractivity contribution in [2.24, 2.45) is 5.92 Å². The van der Waals surface area contributed by atoms with Gasteiger partial charge < -0.3 is 9.73 Å². The van der Waals surface area contributed by atoms with Crippen LogP contribution in [0.1, 0.15) is 24.0 Å². The molecule has 1 aliphatic heterocycles. The van der Waals surface area contributed by atoms with Crippen LogP contribution in [0.2, 0.25) is 0 Å². The summed E-state index contributed by atoms with van der Waals surface area (Å²) in [6.07, 6.45) is 5.67. The van der Waals surface area contributed by atoms with Crippen molar-refractivity contribution in [3.63, 3.8) is 0 Å². The second-order valence-corrected chi connectivity index (χ2v) is 5.17. The first-order valence-electron chi connectivity index (χ1n) is 6.50. The van der Waals surface area contributed by atoms with E-state index in [1.807, 2.05) is 6.26 Å². The van der Waals surface area contributed by atoms with Crippen molar-refractivity contribution in [3.05, 3.63) is 35.6 Å². The molecular formula is C15H19NO. The van der Waals surface area contributed by atoms with Crippen molar-refractivity contribution in [1.82, 2.24) is 5.32 Å². The Morgan fingerprint density at radius 2 is 2.35 bits per heavy atom. The molecule has 1 saturated heterocycles. The average molecular weight is 229 g/mol. The molecule has 2 heterocycles. The van der Waals surface area contributed by atoms with Crippen LogP contribution in [0.3, 0.4) is 0 Å². The first-order valence-corrected chi connectivity index (χ1v) is 6.50. The Morgan fingerprint density at radius 3 is 3.18 bits per heavy atom. The predicted molar refractivity (Wildman–Crippen MR) is 70.2 cm³/mol. The van der Waals surface area contributed by atoms with Crippen LogP contribution in [-0.4, -0.2) is 13.1 Å². The van der Waals surface area contributed by atoms with E-state index in [2.05, 4.69) is 30.4 Å². The van der Waals surface area contributed by atoms with Crippen molar-refractivity contribution < 1.29 is 4.42 Å². The van der Waals surface area contributed by atoms with Crippen molar-refractivity contribution >= 4 is 11.0 Å². The van der Waals surface area contributed by atoms with E-state index in [-0.39, 0.29) is 0 Å². The lowest BCUT2D eigenvalue weighted by atomic mass is 9.92. The highest BCUT2D eigenvalue weighted by Crippen LogP contribution is 2.24. The standard InChI is InChI=1S/C15H19NO/c1-11-10-17-15-8-12(4-5-14(11)15)7-13-3-2-6-16-9-13/h4-5,8,10,13,16H,2-3,6-7,9H2,1H3. The fourth-order valence-corrected chi connectivity index (χ4v) is 2.76. The number of benzene rings is 1. The molecule has 2 aromatic rings. The zero-order valence-electron chi connectivity index (χ0n) is 10.3. The summed E-state index contributed by atoms with van der Waals surface area (Å²) in [7, 11) is 0. The first-order chi connectivity index (χ1) is 8.33. The van der Waals surface area contributed by atoms with Crippen molar-refractivity contribution in [1.29, 1.82) is 0 Å². The van der Waals surface area contributed by atoms with Crippen LogP contribution in [-0.2, 0) is 6.42 Å². The summed E-state index contributed by atoms with van der Waals surface area (Å²) in [6, 6.07) is 6.65. The van der Waals surface area contributed by atoms with Crippen molar-refractivity contribution in [3.8, 4) is 0 Å². The van der Waals surface area contributed by atoms with Crippen LogP contribution in [0.4, 0.5) is 0 Å². The van der Waals surface area contributed by atoms with Crippen molar-refractivity contribution in [2.45, 2.75) is 26.2 Å². The smallest absolute Gasteiger partial charge is 0.134 e. The van der Waals surface area contributed by atoms with Gasteiger partial charge in [0.1, 0.15) is 5.58 Å². The molecule has 90 valence electrons. The zero-order valence-corrected chi connectivity index (χ0v) is 10.3. The van der Waals surface area contributed by atoms with Gasteiger partial charge in [-0.05, 0) is 62.4 Å². The van der Waals surface area contributed by atoms with Gasteiger partial charge >= 0.3 is 0 Å². The molecule has 3 rings (SSSR count). The van der Waals surface area contributed by atoms with E-state index in [0.29, 0.717) is 0 Å². The summed E-state index contributed by atoms with van der Waals surface area (Å²) in [4.78, 5) is 0. The Labute approximate surface area is 102 Å². The van der Waals surface area contributed by atoms with E-state index >= 15 is 0 Å². The Kier molecular flexibility index (Phi) is 2.89. The van der Waals surface area contributed by atoms with E-state index in [1.165, 1.54) is 42.3 Å². The van der Waals surface area contributed by atoms with Crippen LogP contribution in [0.5, 0.6) is 0 Å². The third-order valence-corrected chi connectivity index (χ3v) is 3.76. The normalized spacial score (nSPS) is 20.9. The van der Waals surface area contributed by atoms with E-state index in [4.69, 9.17) is 4.42 Å². The monoisotopic (exact) mass is 229 g/mol. The minimum atomic E-state index is 0.789. The number of hydrogen-bond acceptors (Lipinski definition) is 2. The number of rotatable bonds is 2. The Morgan fingerprint density at radius 1 is 1.41 bits per heavy atom. The highest BCUT2D eigenvalue weighted by Gasteiger charge is 2.14. The van der Waals surface area contributed by atoms with Gasteiger partial charge in [-0.1, -0.05) is 12.1 Å². The first kappa shape index (κ1) is 10.8. The highest BCUT2D eigenvalue weighted by molar-refractivity contribution is 5.81. The topological polar surface area (TPSA) is 25.2 Å². The average Bonchev–Trinajstić information content (AvgIpc) is 2.72. The molecule has 2 nitrogen and oxygen atoms in total. The molecule has 1 N–H and O–H groups in total. The Balaban J connectivity index is 1.80. The summed E-state index contributed by atoms with van der Waals surface area (Å²) in [5, 5.41) is 4.72. The molecule has 17 heavy (non-hydrogen) atoms. The van der Waals surface area contributed by atoms with Gasteiger partial charge in [0, 0.05) is 5.39 Å². The van der Waals surface area contributed by atoms with Gasteiger partial charge in [-0.15, -0.1) is 0 Å². The molecule has 0 bridgehead atoms. The molecule has 0 radical (unpaired) electrons. The molecule has 2 heteroatoms. The number of fused-ring (bicyclic) bond motifs is 1. The predicted octanol–water partition coefficient (Wildman–Crippen LogP) is 3.28. The van der Waals surface area contributed by atoms with E-state index in [9.17, 15) is 0 Å². The lowest BCUT2D eigenvalue weighted by Crippen LogP contribution is -2.30. The molecular weight excluding hydrogens is 210 g/mol.